The predicted molar refractivity (Wildman–Crippen MR) is 74.7 cm³/mol. The van der Waals surface area contributed by atoms with E-state index in [9.17, 15) is 9.90 Å². The molecule has 0 bridgehead atoms. The van der Waals surface area contributed by atoms with Gasteiger partial charge in [0.05, 0.1) is 33.5 Å². The van der Waals surface area contributed by atoms with Crippen LogP contribution >= 0.6 is 0 Å². The molecule has 0 aliphatic heterocycles. The minimum atomic E-state index is -0.711. The second kappa shape index (κ2) is 6.47. The minimum Gasteiger partial charge on any atom is -0.493 e. The maximum atomic E-state index is 12.2. The number of hydrogen-bond donors (Lipinski definition) is 2. The molecule has 0 radical (unpaired) electrons. The number of aliphatic hydroxyl groups is 1. The van der Waals surface area contributed by atoms with Crippen molar-refractivity contribution in [1.29, 1.82) is 0 Å². The van der Waals surface area contributed by atoms with Crippen LogP contribution < -0.4 is 19.5 Å². The maximum Gasteiger partial charge on any atom is 0.252 e. The third-order valence-corrected chi connectivity index (χ3v) is 2.77. The number of amides is 1. The zero-order valence-corrected chi connectivity index (χ0v) is 12.4. The number of benzene rings is 1. The first-order valence-corrected chi connectivity index (χ1v) is 6.12. The number of rotatable bonds is 6. The molecule has 0 atom stereocenters. The lowest BCUT2D eigenvalue weighted by molar-refractivity contribution is 0.0868. The van der Waals surface area contributed by atoms with Crippen LogP contribution in [0, 0.1) is 0 Å². The van der Waals surface area contributed by atoms with Gasteiger partial charge in [-0.1, -0.05) is 0 Å². The Hall–Kier alpha value is -1.95. The summed E-state index contributed by atoms with van der Waals surface area (Å²) in [6.45, 7) is 3.29. The summed E-state index contributed by atoms with van der Waals surface area (Å²) in [4.78, 5) is 12.2. The van der Waals surface area contributed by atoms with Crippen molar-refractivity contribution in [3.05, 3.63) is 17.7 Å². The topological polar surface area (TPSA) is 77.0 Å². The van der Waals surface area contributed by atoms with Crippen LogP contribution in [0.15, 0.2) is 12.1 Å². The van der Waals surface area contributed by atoms with Crippen LogP contribution in [0.2, 0.25) is 0 Å². The van der Waals surface area contributed by atoms with Crippen LogP contribution in [0.5, 0.6) is 17.2 Å². The summed E-state index contributed by atoms with van der Waals surface area (Å²) >= 11 is 0. The van der Waals surface area contributed by atoms with E-state index in [0.717, 1.165) is 0 Å². The lowest BCUT2D eigenvalue weighted by Crippen LogP contribution is -2.46. The fraction of sp³-hybridized carbons (Fsp3) is 0.500. The van der Waals surface area contributed by atoms with E-state index in [4.69, 9.17) is 14.2 Å². The molecule has 0 heterocycles. The highest BCUT2D eigenvalue weighted by Crippen LogP contribution is 2.38. The highest BCUT2D eigenvalue weighted by atomic mass is 16.5. The van der Waals surface area contributed by atoms with E-state index in [1.807, 2.05) is 0 Å². The highest BCUT2D eigenvalue weighted by molar-refractivity contribution is 5.96. The van der Waals surface area contributed by atoms with E-state index in [0.29, 0.717) is 22.8 Å². The molecule has 0 aromatic heterocycles. The van der Waals surface area contributed by atoms with Crippen molar-refractivity contribution in [3.63, 3.8) is 0 Å². The quantitative estimate of drug-likeness (QED) is 0.820. The molecule has 0 aliphatic carbocycles. The van der Waals surface area contributed by atoms with Gasteiger partial charge in [0.2, 0.25) is 5.75 Å². The van der Waals surface area contributed by atoms with Gasteiger partial charge in [-0.3, -0.25) is 4.79 Å². The Morgan fingerprint density at radius 1 is 1.15 bits per heavy atom. The Bertz CT molecular complexity index is 459. The van der Waals surface area contributed by atoms with Crippen molar-refractivity contribution in [1.82, 2.24) is 5.32 Å². The van der Waals surface area contributed by atoms with Gasteiger partial charge in [0.25, 0.3) is 5.91 Å². The van der Waals surface area contributed by atoms with Gasteiger partial charge >= 0.3 is 0 Å². The number of hydrogen-bond acceptors (Lipinski definition) is 5. The normalized spacial score (nSPS) is 10.9. The summed E-state index contributed by atoms with van der Waals surface area (Å²) in [6.07, 6.45) is 0. The van der Waals surface area contributed by atoms with Gasteiger partial charge < -0.3 is 24.6 Å². The van der Waals surface area contributed by atoms with Gasteiger partial charge in [-0.15, -0.1) is 0 Å². The standard InChI is InChI=1S/C14H21NO5/c1-14(2,8-16)15-13(17)9-6-10(18-3)12(20-5)11(7-9)19-4/h6-7,16H,8H2,1-5H3,(H,15,17). The average Bonchev–Trinajstić information content (AvgIpc) is 2.44. The Balaban J connectivity index is 3.16. The molecule has 0 spiro atoms. The van der Waals surface area contributed by atoms with Crippen LogP contribution in [-0.2, 0) is 0 Å². The third kappa shape index (κ3) is 3.54. The van der Waals surface area contributed by atoms with Gasteiger partial charge in [0.1, 0.15) is 0 Å². The molecule has 0 saturated carbocycles. The van der Waals surface area contributed by atoms with E-state index in [1.165, 1.54) is 21.3 Å². The first-order chi connectivity index (χ1) is 9.38. The molecule has 112 valence electrons. The molecular weight excluding hydrogens is 262 g/mol. The van der Waals surface area contributed by atoms with Gasteiger partial charge in [-0.25, -0.2) is 0 Å². The van der Waals surface area contributed by atoms with Crippen LogP contribution in [-0.4, -0.2) is 44.5 Å². The Labute approximate surface area is 118 Å². The molecule has 1 amide bonds. The third-order valence-electron chi connectivity index (χ3n) is 2.77. The van der Waals surface area contributed by atoms with Gasteiger partial charge in [-0.05, 0) is 26.0 Å². The SMILES string of the molecule is COc1cc(C(=O)NC(C)(C)CO)cc(OC)c1OC. The first kappa shape index (κ1) is 16.1. The molecule has 0 aliphatic rings. The molecule has 6 nitrogen and oxygen atoms in total. The van der Waals surface area contributed by atoms with E-state index in [2.05, 4.69) is 5.32 Å². The number of methoxy groups -OCH3 is 3. The second-order valence-electron chi connectivity index (χ2n) is 4.91. The highest BCUT2D eigenvalue weighted by Gasteiger charge is 2.22. The van der Waals surface area contributed by atoms with E-state index < -0.39 is 5.54 Å². The maximum absolute atomic E-state index is 12.2. The number of nitrogens with one attached hydrogen (secondary N) is 1. The molecule has 2 N–H and O–H groups in total. The largest absolute Gasteiger partial charge is 0.493 e. The van der Waals surface area contributed by atoms with Crippen molar-refractivity contribution in [3.8, 4) is 17.2 Å². The van der Waals surface area contributed by atoms with Crippen LogP contribution in [0.3, 0.4) is 0 Å². The summed E-state index contributed by atoms with van der Waals surface area (Å²) in [5.74, 6) is 0.897. The lowest BCUT2D eigenvalue weighted by Gasteiger charge is -2.24. The number of ether oxygens (including phenoxy) is 3. The monoisotopic (exact) mass is 283 g/mol. The van der Waals surface area contributed by atoms with E-state index >= 15 is 0 Å². The Morgan fingerprint density at radius 2 is 1.65 bits per heavy atom. The van der Waals surface area contributed by atoms with Gasteiger partial charge in [0.15, 0.2) is 11.5 Å². The van der Waals surface area contributed by atoms with Gasteiger partial charge in [0, 0.05) is 5.56 Å². The summed E-state index contributed by atoms with van der Waals surface area (Å²) in [5, 5.41) is 11.9. The fourth-order valence-corrected chi connectivity index (χ4v) is 1.63. The van der Waals surface area contributed by atoms with Crippen molar-refractivity contribution in [2.45, 2.75) is 19.4 Å². The summed E-state index contributed by atoms with van der Waals surface area (Å²) in [6, 6.07) is 3.12. The second-order valence-corrected chi connectivity index (χ2v) is 4.91. The molecule has 0 fully saturated rings. The number of carbonyl (C=O) groups is 1. The molecule has 1 rings (SSSR count). The lowest BCUT2D eigenvalue weighted by atomic mass is 10.1. The van der Waals surface area contributed by atoms with Crippen LogP contribution in [0.4, 0.5) is 0 Å². The van der Waals surface area contributed by atoms with Gasteiger partial charge in [-0.2, -0.15) is 0 Å². The van der Waals surface area contributed by atoms with Crippen molar-refractivity contribution < 1.29 is 24.1 Å². The molecule has 1 aromatic carbocycles. The summed E-state index contributed by atoms with van der Waals surface area (Å²) < 4.78 is 15.6. The number of carbonyl (C=O) groups excluding carboxylic acids is 1. The van der Waals surface area contributed by atoms with Crippen molar-refractivity contribution in [2.24, 2.45) is 0 Å². The zero-order valence-electron chi connectivity index (χ0n) is 12.4. The number of aliphatic hydroxyl groups excluding tert-OH is 1. The van der Waals surface area contributed by atoms with Crippen LogP contribution in [0.25, 0.3) is 0 Å². The van der Waals surface area contributed by atoms with Crippen molar-refractivity contribution >= 4 is 5.91 Å². The van der Waals surface area contributed by atoms with E-state index in [1.54, 1.807) is 26.0 Å². The molecular formula is C14H21NO5. The minimum absolute atomic E-state index is 0.164. The Kier molecular flexibility index (Phi) is 5.21. The molecule has 0 unspecified atom stereocenters. The molecule has 1 aromatic rings. The molecule has 20 heavy (non-hydrogen) atoms. The summed E-state index contributed by atoms with van der Waals surface area (Å²) in [5.41, 5.74) is -0.349. The average molecular weight is 283 g/mol. The zero-order chi connectivity index (χ0) is 15.3. The smallest absolute Gasteiger partial charge is 0.252 e. The van der Waals surface area contributed by atoms with Crippen LogP contribution in [0.1, 0.15) is 24.2 Å². The van der Waals surface area contributed by atoms with Crippen molar-refractivity contribution in [2.75, 3.05) is 27.9 Å². The molecule has 0 saturated heterocycles. The predicted octanol–water partition coefficient (Wildman–Crippen LogP) is 1.21. The fourth-order valence-electron chi connectivity index (χ4n) is 1.63. The van der Waals surface area contributed by atoms with E-state index in [-0.39, 0.29) is 12.5 Å². The molecule has 6 heteroatoms. The summed E-state index contributed by atoms with van der Waals surface area (Å²) in [7, 11) is 4.46. The first-order valence-electron chi connectivity index (χ1n) is 6.12. The Morgan fingerprint density at radius 3 is 2.00 bits per heavy atom.